The summed E-state index contributed by atoms with van der Waals surface area (Å²) in [5.41, 5.74) is 0. The molecule has 1 aromatic heterocycles. The van der Waals surface area contributed by atoms with Crippen molar-refractivity contribution in [2.45, 2.75) is 33.4 Å². The van der Waals surface area contributed by atoms with Crippen LogP contribution in [-0.4, -0.2) is 21.3 Å². The van der Waals surface area contributed by atoms with Crippen molar-refractivity contribution >= 4 is 0 Å². The van der Waals surface area contributed by atoms with Crippen molar-refractivity contribution in [3.05, 3.63) is 12.2 Å². The highest BCUT2D eigenvalue weighted by Gasteiger charge is 1.97. The van der Waals surface area contributed by atoms with Gasteiger partial charge < -0.3 is 5.32 Å². The fourth-order valence-corrected chi connectivity index (χ4v) is 0.944. The van der Waals surface area contributed by atoms with E-state index < -0.39 is 0 Å². The van der Waals surface area contributed by atoms with Gasteiger partial charge in [0.05, 0.1) is 6.54 Å². The second kappa shape index (κ2) is 4.87. The van der Waals surface area contributed by atoms with Crippen LogP contribution in [0.1, 0.15) is 26.1 Å². The van der Waals surface area contributed by atoms with Gasteiger partial charge >= 0.3 is 0 Å². The molecule has 1 rings (SSSR count). The molecular weight excluding hydrogens is 152 g/mol. The Labute approximate surface area is 73.0 Å². The number of hydrogen-bond donors (Lipinski definition) is 1. The average molecular weight is 168 g/mol. The van der Waals surface area contributed by atoms with Crippen LogP contribution in [-0.2, 0) is 13.1 Å². The molecule has 0 aliphatic carbocycles. The number of nitrogens with zero attached hydrogens (tertiary/aromatic N) is 3. The monoisotopic (exact) mass is 168 g/mol. The lowest BCUT2D eigenvalue weighted by molar-refractivity contribution is 0.615. The number of rotatable bonds is 5. The molecule has 0 spiro atoms. The average Bonchev–Trinajstić information content (AvgIpc) is 2.53. The molecule has 0 aliphatic heterocycles. The van der Waals surface area contributed by atoms with Crippen molar-refractivity contribution in [1.29, 1.82) is 0 Å². The molecule has 0 aliphatic rings. The number of nitrogens with one attached hydrogen (secondary N) is 1. The Morgan fingerprint density at radius 3 is 2.92 bits per heavy atom. The maximum Gasteiger partial charge on any atom is 0.164 e. The fraction of sp³-hybridized carbons (Fsp3) is 0.750. The molecule has 1 aromatic rings. The molecule has 0 radical (unpaired) electrons. The van der Waals surface area contributed by atoms with Crippen LogP contribution < -0.4 is 5.32 Å². The first-order chi connectivity index (χ1) is 5.86. The van der Waals surface area contributed by atoms with E-state index in [4.69, 9.17) is 0 Å². The molecule has 4 heteroatoms. The maximum absolute atomic E-state index is 4.24. The van der Waals surface area contributed by atoms with Crippen molar-refractivity contribution in [3.8, 4) is 0 Å². The lowest BCUT2D eigenvalue weighted by atomic mass is 10.5. The third-order valence-electron chi connectivity index (χ3n) is 1.62. The zero-order valence-corrected chi connectivity index (χ0v) is 7.75. The van der Waals surface area contributed by atoms with E-state index in [-0.39, 0.29) is 0 Å². The van der Waals surface area contributed by atoms with Crippen molar-refractivity contribution < 1.29 is 0 Å². The smallest absolute Gasteiger partial charge is 0.164 e. The van der Waals surface area contributed by atoms with Crippen LogP contribution in [0.4, 0.5) is 0 Å². The van der Waals surface area contributed by atoms with Crippen molar-refractivity contribution in [3.63, 3.8) is 0 Å². The molecule has 0 saturated heterocycles. The van der Waals surface area contributed by atoms with Crippen LogP contribution in [0.3, 0.4) is 0 Å². The van der Waals surface area contributed by atoms with Crippen LogP contribution in [0.25, 0.3) is 0 Å². The van der Waals surface area contributed by atoms with Gasteiger partial charge in [0.25, 0.3) is 0 Å². The van der Waals surface area contributed by atoms with Gasteiger partial charge in [-0.3, -0.25) is 4.68 Å². The predicted octanol–water partition coefficient (Wildman–Crippen LogP) is 0.798. The molecule has 0 atom stereocenters. The van der Waals surface area contributed by atoms with Gasteiger partial charge in [0, 0.05) is 6.54 Å². The molecule has 0 saturated carbocycles. The highest BCUT2D eigenvalue weighted by Crippen LogP contribution is 1.88. The standard InChI is InChI=1S/C8H16N4/c1-3-5-9-6-8-10-7-12(4-2)11-8/h7,9H,3-6H2,1-2H3. The minimum atomic E-state index is 0.779. The van der Waals surface area contributed by atoms with E-state index in [9.17, 15) is 0 Å². The summed E-state index contributed by atoms with van der Waals surface area (Å²) < 4.78 is 1.84. The molecule has 68 valence electrons. The quantitative estimate of drug-likeness (QED) is 0.661. The van der Waals surface area contributed by atoms with Gasteiger partial charge in [0.15, 0.2) is 5.82 Å². The van der Waals surface area contributed by atoms with Crippen molar-refractivity contribution in [2.75, 3.05) is 6.54 Å². The van der Waals surface area contributed by atoms with Gasteiger partial charge in [-0.2, -0.15) is 5.10 Å². The SMILES string of the molecule is CCCNCc1ncn(CC)n1. The Kier molecular flexibility index (Phi) is 3.73. The minimum absolute atomic E-state index is 0.779. The molecule has 1 N–H and O–H groups in total. The molecular formula is C8H16N4. The lowest BCUT2D eigenvalue weighted by Crippen LogP contribution is -2.15. The molecule has 12 heavy (non-hydrogen) atoms. The Morgan fingerprint density at radius 1 is 1.50 bits per heavy atom. The molecule has 0 aromatic carbocycles. The summed E-state index contributed by atoms with van der Waals surface area (Å²) in [7, 11) is 0. The van der Waals surface area contributed by atoms with E-state index in [1.54, 1.807) is 6.33 Å². The van der Waals surface area contributed by atoms with Crippen LogP contribution in [0.2, 0.25) is 0 Å². The second-order valence-electron chi connectivity index (χ2n) is 2.69. The van der Waals surface area contributed by atoms with E-state index in [0.29, 0.717) is 0 Å². The molecule has 0 fully saturated rings. The zero-order chi connectivity index (χ0) is 8.81. The highest BCUT2D eigenvalue weighted by atomic mass is 15.3. The predicted molar refractivity (Wildman–Crippen MR) is 47.7 cm³/mol. The largest absolute Gasteiger partial charge is 0.310 e. The third kappa shape index (κ3) is 2.62. The summed E-state index contributed by atoms with van der Waals surface area (Å²) in [6, 6.07) is 0. The maximum atomic E-state index is 4.24. The third-order valence-corrected chi connectivity index (χ3v) is 1.62. The molecule has 0 bridgehead atoms. The Hall–Kier alpha value is -0.900. The summed E-state index contributed by atoms with van der Waals surface area (Å²) in [4.78, 5) is 4.15. The van der Waals surface area contributed by atoms with Crippen LogP contribution in [0.15, 0.2) is 6.33 Å². The fourth-order valence-electron chi connectivity index (χ4n) is 0.944. The minimum Gasteiger partial charge on any atom is -0.310 e. The van der Waals surface area contributed by atoms with E-state index in [2.05, 4.69) is 29.2 Å². The molecule has 0 amide bonds. The van der Waals surface area contributed by atoms with Gasteiger partial charge in [-0.1, -0.05) is 6.92 Å². The first-order valence-corrected chi connectivity index (χ1v) is 4.45. The summed E-state index contributed by atoms with van der Waals surface area (Å²) >= 11 is 0. The lowest BCUT2D eigenvalue weighted by Gasteiger charge is -1.97. The number of hydrogen-bond acceptors (Lipinski definition) is 3. The van der Waals surface area contributed by atoms with E-state index >= 15 is 0 Å². The van der Waals surface area contributed by atoms with Gasteiger partial charge in [0.1, 0.15) is 6.33 Å². The van der Waals surface area contributed by atoms with E-state index in [0.717, 1.165) is 31.9 Å². The zero-order valence-electron chi connectivity index (χ0n) is 7.75. The van der Waals surface area contributed by atoms with Crippen molar-refractivity contribution in [1.82, 2.24) is 20.1 Å². The number of aryl methyl sites for hydroxylation is 1. The Balaban J connectivity index is 2.31. The van der Waals surface area contributed by atoms with Gasteiger partial charge in [-0.15, -0.1) is 0 Å². The Morgan fingerprint density at radius 2 is 2.33 bits per heavy atom. The highest BCUT2D eigenvalue weighted by molar-refractivity contribution is 4.80. The van der Waals surface area contributed by atoms with Crippen LogP contribution >= 0.6 is 0 Å². The summed E-state index contributed by atoms with van der Waals surface area (Å²) in [6.07, 6.45) is 2.91. The first-order valence-electron chi connectivity index (χ1n) is 4.45. The van der Waals surface area contributed by atoms with E-state index in [1.165, 1.54) is 0 Å². The van der Waals surface area contributed by atoms with Gasteiger partial charge in [-0.05, 0) is 19.9 Å². The normalized spacial score (nSPS) is 10.5. The van der Waals surface area contributed by atoms with Gasteiger partial charge in [-0.25, -0.2) is 4.98 Å². The topological polar surface area (TPSA) is 42.7 Å². The summed E-state index contributed by atoms with van der Waals surface area (Å²) in [5.74, 6) is 0.880. The first kappa shape index (κ1) is 9.19. The molecule has 4 nitrogen and oxygen atoms in total. The molecule has 0 unspecified atom stereocenters. The van der Waals surface area contributed by atoms with Crippen LogP contribution in [0, 0.1) is 0 Å². The Bertz CT molecular complexity index is 219. The van der Waals surface area contributed by atoms with E-state index in [1.807, 2.05) is 4.68 Å². The van der Waals surface area contributed by atoms with Gasteiger partial charge in [0.2, 0.25) is 0 Å². The number of aromatic nitrogens is 3. The molecule has 1 heterocycles. The van der Waals surface area contributed by atoms with Crippen molar-refractivity contribution in [2.24, 2.45) is 0 Å². The van der Waals surface area contributed by atoms with Crippen LogP contribution in [0.5, 0.6) is 0 Å². The second-order valence-corrected chi connectivity index (χ2v) is 2.69. The summed E-state index contributed by atoms with van der Waals surface area (Å²) in [5, 5.41) is 7.49. The summed E-state index contributed by atoms with van der Waals surface area (Å²) in [6.45, 7) is 6.89.